The molecule has 0 heterocycles. The SMILES string of the molecule is CCC(C)N(CCOC)C(=O)Cc1ccc(S)cc1. The molecule has 1 aromatic rings. The molecule has 0 bridgehead atoms. The van der Waals surface area contributed by atoms with E-state index in [1.165, 1.54) is 0 Å². The Hall–Kier alpha value is -1.00. The van der Waals surface area contributed by atoms with E-state index in [1.807, 2.05) is 29.2 Å². The van der Waals surface area contributed by atoms with Crippen LogP contribution in [0.2, 0.25) is 0 Å². The number of hydrogen-bond donors (Lipinski definition) is 1. The normalized spacial score (nSPS) is 12.2. The Bertz CT molecular complexity index is 392. The number of carbonyl (C=O) groups excluding carboxylic acids is 1. The van der Waals surface area contributed by atoms with E-state index < -0.39 is 0 Å². The first-order chi connectivity index (χ1) is 9.08. The summed E-state index contributed by atoms with van der Waals surface area (Å²) in [6, 6.07) is 7.96. The average molecular weight is 281 g/mol. The summed E-state index contributed by atoms with van der Waals surface area (Å²) < 4.78 is 5.08. The van der Waals surface area contributed by atoms with Gasteiger partial charge in [-0.05, 0) is 31.0 Å². The fourth-order valence-corrected chi connectivity index (χ4v) is 2.04. The highest BCUT2D eigenvalue weighted by atomic mass is 32.1. The number of methoxy groups -OCH3 is 1. The minimum atomic E-state index is 0.151. The molecule has 0 N–H and O–H groups in total. The second-order valence-electron chi connectivity index (χ2n) is 4.68. The molecule has 4 heteroatoms. The summed E-state index contributed by atoms with van der Waals surface area (Å²) in [6.45, 7) is 5.39. The minimum Gasteiger partial charge on any atom is -0.383 e. The summed E-state index contributed by atoms with van der Waals surface area (Å²) in [5.74, 6) is 0.151. The van der Waals surface area contributed by atoms with E-state index in [9.17, 15) is 4.79 Å². The third-order valence-corrected chi connectivity index (χ3v) is 3.57. The number of nitrogens with zero attached hydrogens (tertiary/aromatic N) is 1. The van der Waals surface area contributed by atoms with Crippen LogP contribution in [0.5, 0.6) is 0 Å². The lowest BCUT2D eigenvalue weighted by Crippen LogP contribution is -2.41. The molecule has 0 aliphatic heterocycles. The van der Waals surface area contributed by atoms with Gasteiger partial charge in [0.1, 0.15) is 0 Å². The number of benzene rings is 1. The van der Waals surface area contributed by atoms with E-state index in [4.69, 9.17) is 4.74 Å². The van der Waals surface area contributed by atoms with Crippen LogP contribution in [0.15, 0.2) is 29.2 Å². The molecular weight excluding hydrogens is 258 g/mol. The molecular formula is C15H23NO2S. The van der Waals surface area contributed by atoms with Crippen LogP contribution < -0.4 is 0 Å². The van der Waals surface area contributed by atoms with Crippen LogP contribution in [0.1, 0.15) is 25.8 Å². The Kier molecular flexibility index (Phi) is 6.95. The minimum absolute atomic E-state index is 0.151. The Morgan fingerprint density at radius 2 is 2.00 bits per heavy atom. The average Bonchev–Trinajstić information content (AvgIpc) is 2.41. The molecule has 0 radical (unpaired) electrons. The van der Waals surface area contributed by atoms with Crippen molar-refractivity contribution in [3.63, 3.8) is 0 Å². The van der Waals surface area contributed by atoms with E-state index >= 15 is 0 Å². The first-order valence-electron chi connectivity index (χ1n) is 6.64. The molecule has 0 fully saturated rings. The van der Waals surface area contributed by atoms with Gasteiger partial charge in [-0.25, -0.2) is 0 Å². The van der Waals surface area contributed by atoms with Crippen LogP contribution in [0.25, 0.3) is 0 Å². The second kappa shape index (κ2) is 8.23. The molecule has 0 saturated carbocycles. The summed E-state index contributed by atoms with van der Waals surface area (Å²) >= 11 is 4.24. The zero-order chi connectivity index (χ0) is 14.3. The van der Waals surface area contributed by atoms with Crippen molar-refractivity contribution in [3.8, 4) is 0 Å². The number of rotatable bonds is 7. The van der Waals surface area contributed by atoms with Gasteiger partial charge in [0.05, 0.1) is 13.0 Å². The largest absolute Gasteiger partial charge is 0.383 e. The number of ether oxygens (including phenoxy) is 1. The van der Waals surface area contributed by atoms with Crippen LogP contribution >= 0.6 is 12.6 Å². The Morgan fingerprint density at radius 3 is 2.53 bits per heavy atom. The molecule has 19 heavy (non-hydrogen) atoms. The van der Waals surface area contributed by atoms with Crippen LogP contribution in [0, 0.1) is 0 Å². The molecule has 3 nitrogen and oxygen atoms in total. The zero-order valence-corrected chi connectivity index (χ0v) is 12.8. The molecule has 1 aromatic carbocycles. The summed E-state index contributed by atoms with van der Waals surface area (Å²) in [5, 5.41) is 0. The van der Waals surface area contributed by atoms with E-state index in [2.05, 4.69) is 26.5 Å². The van der Waals surface area contributed by atoms with Gasteiger partial charge in [0.25, 0.3) is 0 Å². The number of carbonyl (C=O) groups is 1. The Labute approximate surface area is 121 Å². The van der Waals surface area contributed by atoms with Crippen molar-refractivity contribution in [2.75, 3.05) is 20.3 Å². The number of amides is 1. The summed E-state index contributed by atoms with van der Waals surface area (Å²) in [4.78, 5) is 15.2. The molecule has 0 aromatic heterocycles. The van der Waals surface area contributed by atoms with Gasteiger partial charge in [-0.2, -0.15) is 0 Å². The first kappa shape index (κ1) is 16.1. The van der Waals surface area contributed by atoms with Crippen LogP contribution in [0.3, 0.4) is 0 Å². The second-order valence-corrected chi connectivity index (χ2v) is 5.20. The number of hydrogen-bond acceptors (Lipinski definition) is 3. The third kappa shape index (κ3) is 5.25. The maximum absolute atomic E-state index is 12.4. The fraction of sp³-hybridized carbons (Fsp3) is 0.533. The lowest BCUT2D eigenvalue weighted by atomic mass is 10.1. The lowest BCUT2D eigenvalue weighted by Gasteiger charge is -2.28. The fourth-order valence-electron chi connectivity index (χ4n) is 1.89. The predicted octanol–water partition coefficient (Wildman–Crippen LogP) is 2.79. The summed E-state index contributed by atoms with van der Waals surface area (Å²) in [7, 11) is 1.66. The van der Waals surface area contributed by atoms with Gasteiger partial charge in [0, 0.05) is 24.6 Å². The van der Waals surface area contributed by atoms with Gasteiger partial charge in [-0.15, -0.1) is 12.6 Å². The summed E-state index contributed by atoms with van der Waals surface area (Å²) in [5.41, 5.74) is 1.02. The van der Waals surface area contributed by atoms with Crippen molar-refractivity contribution >= 4 is 18.5 Å². The predicted molar refractivity (Wildman–Crippen MR) is 80.7 cm³/mol. The van der Waals surface area contributed by atoms with E-state index in [0.29, 0.717) is 19.6 Å². The number of thiol groups is 1. The van der Waals surface area contributed by atoms with Crippen molar-refractivity contribution in [2.45, 2.75) is 37.6 Å². The van der Waals surface area contributed by atoms with E-state index in [0.717, 1.165) is 16.9 Å². The van der Waals surface area contributed by atoms with Gasteiger partial charge in [-0.1, -0.05) is 19.1 Å². The summed E-state index contributed by atoms with van der Waals surface area (Å²) in [6.07, 6.45) is 1.38. The standard InChI is InChI=1S/C15H23NO2S/c1-4-12(2)16(9-10-18-3)15(17)11-13-5-7-14(19)8-6-13/h5-8,12,19H,4,9-11H2,1-3H3. The quantitative estimate of drug-likeness (QED) is 0.779. The van der Waals surface area contributed by atoms with Gasteiger partial charge in [0.2, 0.25) is 5.91 Å². The van der Waals surface area contributed by atoms with Crippen LogP contribution in [0.4, 0.5) is 0 Å². The molecule has 1 amide bonds. The van der Waals surface area contributed by atoms with Crippen molar-refractivity contribution in [3.05, 3.63) is 29.8 Å². The lowest BCUT2D eigenvalue weighted by molar-refractivity contribution is -0.133. The highest BCUT2D eigenvalue weighted by Crippen LogP contribution is 2.11. The maximum atomic E-state index is 12.4. The van der Waals surface area contributed by atoms with Gasteiger partial charge >= 0.3 is 0 Å². The molecule has 0 aliphatic rings. The van der Waals surface area contributed by atoms with Crippen molar-refractivity contribution in [1.82, 2.24) is 4.90 Å². The molecule has 1 unspecified atom stereocenters. The topological polar surface area (TPSA) is 29.5 Å². The van der Waals surface area contributed by atoms with Gasteiger partial charge < -0.3 is 9.64 Å². The highest BCUT2D eigenvalue weighted by molar-refractivity contribution is 7.80. The van der Waals surface area contributed by atoms with Crippen LogP contribution in [-0.4, -0.2) is 37.1 Å². The van der Waals surface area contributed by atoms with Crippen LogP contribution in [-0.2, 0) is 16.0 Å². The Balaban J connectivity index is 2.67. The maximum Gasteiger partial charge on any atom is 0.227 e. The molecule has 0 aliphatic carbocycles. The van der Waals surface area contributed by atoms with Gasteiger partial charge in [-0.3, -0.25) is 4.79 Å². The van der Waals surface area contributed by atoms with Crippen molar-refractivity contribution < 1.29 is 9.53 Å². The van der Waals surface area contributed by atoms with E-state index in [-0.39, 0.29) is 11.9 Å². The molecule has 0 saturated heterocycles. The monoisotopic (exact) mass is 281 g/mol. The molecule has 1 atom stereocenters. The van der Waals surface area contributed by atoms with Crippen molar-refractivity contribution in [2.24, 2.45) is 0 Å². The molecule has 106 valence electrons. The van der Waals surface area contributed by atoms with Gasteiger partial charge in [0.15, 0.2) is 0 Å². The van der Waals surface area contributed by atoms with E-state index in [1.54, 1.807) is 7.11 Å². The highest BCUT2D eigenvalue weighted by Gasteiger charge is 2.18. The zero-order valence-electron chi connectivity index (χ0n) is 11.9. The first-order valence-corrected chi connectivity index (χ1v) is 7.09. The molecule has 1 rings (SSSR count). The smallest absolute Gasteiger partial charge is 0.227 e. The Morgan fingerprint density at radius 1 is 1.37 bits per heavy atom. The molecule has 0 spiro atoms. The van der Waals surface area contributed by atoms with Crippen molar-refractivity contribution in [1.29, 1.82) is 0 Å². The third-order valence-electron chi connectivity index (χ3n) is 3.27.